The summed E-state index contributed by atoms with van der Waals surface area (Å²) in [5, 5.41) is 18.0. The average molecular weight is 366 g/mol. The molecule has 3 rings (SSSR count). The summed E-state index contributed by atoms with van der Waals surface area (Å²) in [6, 6.07) is 7.67. The predicted molar refractivity (Wildman–Crippen MR) is 91.5 cm³/mol. The molecule has 0 bridgehead atoms. The van der Waals surface area contributed by atoms with Crippen molar-refractivity contribution in [3.05, 3.63) is 61.8 Å². The third kappa shape index (κ3) is 3.39. The molecule has 0 aliphatic heterocycles. The molecule has 1 aromatic carbocycles. The Balaban J connectivity index is 1.85. The Labute approximate surface area is 143 Å². The Hall–Kier alpha value is -2.29. The van der Waals surface area contributed by atoms with Crippen LogP contribution in [0, 0.1) is 10.1 Å². The number of carbonyl (C=O) groups is 1. The molecule has 0 aliphatic carbocycles. The van der Waals surface area contributed by atoms with Gasteiger partial charge in [-0.05, 0) is 23.6 Å². The second-order valence-corrected chi connectivity index (χ2v) is 6.63. The molecule has 2 aromatic heterocycles. The molecule has 3 aromatic rings. The third-order valence-corrected chi connectivity index (χ3v) is 4.78. The van der Waals surface area contributed by atoms with Gasteiger partial charge in [-0.1, -0.05) is 17.7 Å². The first-order chi connectivity index (χ1) is 11.0. The number of anilines is 1. The Morgan fingerprint density at radius 3 is 2.83 bits per heavy atom. The number of thiazole rings is 1. The van der Waals surface area contributed by atoms with Gasteiger partial charge in [0.1, 0.15) is 5.56 Å². The lowest BCUT2D eigenvalue weighted by atomic mass is 10.1. The average Bonchev–Trinajstić information content (AvgIpc) is 3.17. The van der Waals surface area contributed by atoms with Gasteiger partial charge in [-0.15, -0.1) is 22.7 Å². The lowest BCUT2D eigenvalue weighted by Gasteiger charge is -2.03. The summed E-state index contributed by atoms with van der Waals surface area (Å²) in [4.78, 5) is 28.0. The van der Waals surface area contributed by atoms with Crippen LogP contribution < -0.4 is 5.32 Å². The number of carbonyl (C=O) groups excluding carboxylic acids is 1. The first kappa shape index (κ1) is 15.6. The van der Waals surface area contributed by atoms with Gasteiger partial charge in [-0.25, -0.2) is 4.98 Å². The van der Waals surface area contributed by atoms with Crippen LogP contribution >= 0.6 is 34.3 Å². The predicted octanol–water partition coefficient (Wildman–Crippen LogP) is 4.69. The summed E-state index contributed by atoms with van der Waals surface area (Å²) in [5.41, 5.74) is 0.346. The number of hydrogen-bond donors (Lipinski definition) is 1. The Morgan fingerprint density at radius 2 is 2.13 bits per heavy atom. The maximum atomic E-state index is 12.3. The van der Waals surface area contributed by atoms with Crippen molar-refractivity contribution in [3.63, 3.8) is 0 Å². The zero-order valence-electron chi connectivity index (χ0n) is 11.4. The molecule has 0 atom stereocenters. The fraction of sp³-hybridized carbons (Fsp3) is 0. The van der Waals surface area contributed by atoms with Crippen LogP contribution in [0.3, 0.4) is 0 Å². The van der Waals surface area contributed by atoms with Crippen molar-refractivity contribution in [2.75, 3.05) is 5.32 Å². The molecule has 0 radical (unpaired) electrons. The molecule has 9 heteroatoms. The van der Waals surface area contributed by atoms with E-state index in [1.165, 1.54) is 40.9 Å². The minimum Gasteiger partial charge on any atom is -0.298 e. The van der Waals surface area contributed by atoms with Crippen molar-refractivity contribution >= 4 is 51.0 Å². The molecule has 0 fully saturated rings. The summed E-state index contributed by atoms with van der Waals surface area (Å²) in [6.45, 7) is 0. The Morgan fingerprint density at radius 1 is 1.30 bits per heavy atom. The second-order valence-electron chi connectivity index (χ2n) is 4.39. The van der Waals surface area contributed by atoms with Crippen LogP contribution in [0.4, 0.5) is 10.8 Å². The second kappa shape index (κ2) is 6.45. The fourth-order valence-corrected chi connectivity index (χ4v) is 3.52. The van der Waals surface area contributed by atoms with Gasteiger partial charge in [0.2, 0.25) is 0 Å². The molecular weight excluding hydrogens is 358 g/mol. The zero-order chi connectivity index (χ0) is 16.4. The maximum Gasteiger partial charge on any atom is 0.282 e. The number of hydrogen-bond acceptors (Lipinski definition) is 6. The lowest BCUT2D eigenvalue weighted by molar-refractivity contribution is -0.385. The van der Waals surface area contributed by atoms with Crippen LogP contribution in [0.5, 0.6) is 0 Å². The smallest absolute Gasteiger partial charge is 0.282 e. The quantitative estimate of drug-likeness (QED) is 0.537. The van der Waals surface area contributed by atoms with Crippen LogP contribution in [0.15, 0.2) is 41.1 Å². The van der Waals surface area contributed by atoms with E-state index in [1.54, 1.807) is 0 Å². The summed E-state index contributed by atoms with van der Waals surface area (Å²) in [7, 11) is 0. The van der Waals surface area contributed by atoms with Gasteiger partial charge in [0.25, 0.3) is 11.6 Å². The highest BCUT2D eigenvalue weighted by molar-refractivity contribution is 7.16. The number of amides is 1. The highest BCUT2D eigenvalue weighted by atomic mass is 35.5. The van der Waals surface area contributed by atoms with Crippen LogP contribution in [0.1, 0.15) is 10.4 Å². The summed E-state index contributed by atoms with van der Waals surface area (Å²) < 4.78 is 0. The number of nitro benzene ring substituents is 1. The van der Waals surface area contributed by atoms with E-state index in [0.29, 0.717) is 5.13 Å². The van der Waals surface area contributed by atoms with Gasteiger partial charge < -0.3 is 0 Å². The largest absolute Gasteiger partial charge is 0.298 e. The fourth-order valence-electron chi connectivity index (χ4n) is 1.88. The summed E-state index contributed by atoms with van der Waals surface area (Å²) >= 11 is 8.61. The lowest BCUT2D eigenvalue weighted by Crippen LogP contribution is -2.13. The highest BCUT2D eigenvalue weighted by Gasteiger charge is 2.21. The van der Waals surface area contributed by atoms with Gasteiger partial charge >= 0.3 is 0 Å². The van der Waals surface area contributed by atoms with Crippen LogP contribution in [-0.2, 0) is 0 Å². The monoisotopic (exact) mass is 365 g/mol. The Bertz CT molecular complexity index is 877. The van der Waals surface area contributed by atoms with Crippen LogP contribution in [-0.4, -0.2) is 15.8 Å². The van der Waals surface area contributed by atoms with Gasteiger partial charge in [0.05, 0.1) is 15.5 Å². The molecule has 6 nitrogen and oxygen atoms in total. The molecule has 0 saturated carbocycles. The van der Waals surface area contributed by atoms with Gasteiger partial charge in [0.15, 0.2) is 5.13 Å². The SMILES string of the molecule is O=C(Nc1nc(-c2cccs2)cs1)c1cc(Cl)ccc1[N+](=O)[O-]. The van der Waals surface area contributed by atoms with Crippen molar-refractivity contribution in [2.24, 2.45) is 0 Å². The number of rotatable bonds is 4. The molecule has 116 valence electrons. The van der Waals surface area contributed by atoms with Crippen molar-refractivity contribution in [2.45, 2.75) is 0 Å². The number of halogens is 1. The van der Waals surface area contributed by atoms with Crippen molar-refractivity contribution < 1.29 is 9.72 Å². The number of benzene rings is 1. The topological polar surface area (TPSA) is 85.1 Å². The standard InChI is InChI=1S/C14H8ClN3O3S2/c15-8-3-4-11(18(20)21)9(6-8)13(19)17-14-16-10(7-23-14)12-2-1-5-22-12/h1-7H,(H,16,17,19). The van der Waals surface area contributed by atoms with E-state index in [-0.39, 0.29) is 16.3 Å². The number of nitrogens with zero attached hydrogens (tertiary/aromatic N) is 2. The van der Waals surface area contributed by atoms with Gasteiger partial charge in [-0.2, -0.15) is 0 Å². The van der Waals surface area contributed by atoms with Crippen molar-refractivity contribution in [3.8, 4) is 10.6 Å². The molecule has 1 amide bonds. The number of aromatic nitrogens is 1. The molecule has 2 heterocycles. The number of thiophene rings is 1. The van der Waals surface area contributed by atoms with Crippen molar-refractivity contribution in [1.29, 1.82) is 0 Å². The van der Waals surface area contributed by atoms with E-state index in [0.717, 1.165) is 10.6 Å². The molecular formula is C14H8ClN3O3S2. The first-order valence-corrected chi connectivity index (χ1v) is 8.43. The third-order valence-electron chi connectivity index (χ3n) is 2.90. The highest BCUT2D eigenvalue weighted by Crippen LogP contribution is 2.29. The van der Waals surface area contributed by atoms with E-state index in [4.69, 9.17) is 11.6 Å². The molecule has 0 spiro atoms. The molecule has 1 N–H and O–H groups in total. The summed E-state index contributed by atoms with van der Waals surface area (Å²) in [6.07, 6.45) is 0. The van der Waals surface area contributed by atoms with E-state index in [2.05, 4.69) is 10.3 Å². The van der Waals surface area contributed by atoms with Gasteiger partial charge in [-0.3, -0.25) is 20.2 Å². The van der Waals surface area contributed by atoms with Crippen LogP contribution in [0.2, 0.25) is 5.02 Å². The van der Waals surface area contributed by atoms with Crippen LogP contribution in [0.25, 0.3) is 10.6 Å². The number of nitrogens with one attached hydrogen (secondary N) is 1. The van der Waals surface area contributed by atoms with Crippen molar-refractivity contribution in [1.82, 2.24) is 4.98 Å². The Kier molecular flexibility index (Phi) is 4.37. The van der Waals surface area contributed by atoms with Gasteiger partial charge in [0, 0.05) is 16.5 Å². The molecule has 0 unspecified atom stereocenters. The van der Waals surface area contributed by atoms with E-state index >= 15 is 0 Å². The van der Waals surface area contributed by atoms with E-state index < -0.39 is 10.8 Å². The van der Waals surface area contributed by atoms with E-state index in [9.17, 15) is 14.9 Å². The zero-order valence-corrected chi connectivity index (χ0v) is 13.7. The minimum absolute atomic E-state index is 0.102. The minimum atomic E-state index is -0.621. The molecule has 0 aliphatic rings. The molecule has 23 heavy (non-hydrogen) atoms. The first-order valence-electron chi connectivity index (χ1n) is 6.29. The number of nitro groups is 1. The normalized spacial score (nSPS) is 10.5. The summed E-state index contributed by atoms with van der Waals surface area (Å²) in [5.74, 6) is -0.619. The molecule has 0 saturated heterocycles. The maximum absolute atomic E-state index is 12.3. The van der Waals surface area contributed by atoms with E-state index in [1.807, 2.05) is 22.9 Å².